The van der Waals surface area contributed by atoms with Crippen LogP contribution in [-0.2, 0) is 16.1 Å². The van der Waals surface area contributed by atoms with Crippen molar-refractivity contribution in [3.8, 4) is 0 Å². The molecule has 2 saturated heterocycles. The highest BCUT2D eigenvalue weighted by Gasteiger charge is 2.27. The topological polar surface area (TPSA) is 39.3 Å². The number of rotatable bonds is 8. The van der Waals surface area contributed by atoms with Gasteiger partial charge in [0.1, 0.15) is 0 Å². The number of carbonyl (C=O) groups excluding carboxylic acids is 1. The number of nitrogens with zero attached hydrogens (tertiary/aromatic N) is 4. The van der Waals surface area contributed by atoms with Crippen molar-refractivity contribution in [2.75, 3.05) is 72.1 Å². The molecule has 2 heterocycles. The van der Waals surface area contributed by atoms with E-state index in [1.807, 2.05) is 11.8 Å². The molecule has 0 saturated carbocycles. The smallest absolute Gasteiger partial charge is 0.236 e. The Hall–Kier alpha value is -1.47. The minimum absolute atomic E-state index is 0.286. The Morgan fingerprint density at radius 3 is 2.43 bits per heavy atom. The molecule has 0 bridgehead atoms. The Bertz CT molecular complexity index is 589. The summed E-state index contributed by atoms with van der Waals surface area (Å²) in [6.45, 7) is 14.9. The summed E-state index contributed by atoms with van der Waals surface area (Å²) in [5.41, 5.74) is 1.35. The maximum Gasteiger partial charge on any atom is 0.236 e. The number of hydrogen-bond donors (Lipinski definition) is 0. The highest BCUT2D eigenvalue weighted by atomic mass is 16.5. The van der Waals surface area contributed by atoms with E-state index >= 15 is 0 Å². The van der Waals surface area contributed by atoms with Crippen LogP contribution < -0.4 is 0 Å². The van der Waals surface area contributed by atoms with E-state index in [9.17, 15) is 4.79 Å². The second-order valence-electron chi connectivity index (χ2n) is 7.96. The van der Waals surface area contributed by atoms with Gasteiger partial charge in [0.15, 0.2) is 0 Å². The largest absolute Gasteiger partial charge is 0.380 e. The molecule has 2 aliphatic heterocycles. The van der Waals surface area contributed by atoms with E-state index in [0.717, 1.165) is 72.1 Å². The normalized spacial score (nSPS) is 22.5. The first-order valence-electron chi connectivity index (χ1n) is 10.7. The Morgan fingerprint density at radius 2 is 1.75 bits per heavy atom. The van der Waals surface area contributed by atoms with E-state index in [2.05, 4.69) is 52.0 Å². The quantitative estimate of drug-likeness (QED) is 0.629. The van der Waals surface area contributed by atoms with Crippen molar-refractivity contribution < 1.29 is 9.53 Å². The van der Waals surface area contributed by atoms with Crippen LogP contribution in [0.15, 0.2) is 30.3 Å². The Morgan fingerprint density at radius 1 is 1.04 bits per heavy atom. The first-order chi connectivity index (χ1) is 13.7. The molecule has 0 radical (unpaired) electrons. The molecule has 1 aromatic rings. The molecule has 6 nitrogen and oxygen atoms in total. The molecule has 1 amide bonds. The van der Waals surface area contributed by atoms with E-state index in [1.165, 1.54) is 5.56 Å². The molecule has 1 aromatic carbocycles. The average molecular weight is 389 g/mol. The third-order valence-electron chi connectivity index (χ3n) is 5.91. The summed E-state index contributed by atoms with van der Waals surface area (Å²) in [7, 11) is 0. The molecule has 0 N–H and O–H groups in total. The molecular weight excluding hydrogens is 352 g/mol. The summed E-state index contributed by atoms with van der Waals surface area (Å²) < 4.78 is 5.48. The first-order valence-corrected chi connectivity index (χ1v) is 10.7. The van der Waals surface area contributed by atoms with Gasteiger partial charge in [0.05, 0.1) is 13.2 Å². The molecule has 6 heteroatoms. The fraction of sp³-hybridized carbons (Fsp3) is 0.682. The zero-order valence-corrected chi connectivity index (χ0v) is 17.6. The monoisotopic (exact) mass is 388 g/mol. The van der Waals surface area contributed by atoms with Gasteiger partial charge in [-0.2, -0.15) is 0 Å². The van der Waals surface area contributed by atoms with Gasteiger partial charge >= 0.3 is 0 Å². The van der Waals surface area contributed by atoms with Crippen LogP contribution in [0.4, 0.5) is 0 Å². The van der Waals surface area contributed by atoms with Crippen LogP contribution in [0.25, 0.3) is 0 Å². The van der Waals surface area contributed by atoms with Gasteiger partial charge in [-0.15, -0.1) is 0 Å². The second-order valence-corrected chi connectivity index (χ2v) is 7.96. The lowest BCUT2D eigenvalue weighted by Gasteiger charge is -2.41. The van der Waals surface area contributed by atoms with Crippen LogP contribution in [0.3, 0.4) is 0 Å². The maximum atomic E-state index is 12.8. The van der Waals surface area contributed by atoms with Crippen LogP contribution in [0.1, 0.15) is 19.4 Å². The Balaban J connectivity index is 1.37. The minimum atomic E-state index is 0.286. The third kappa shape index (κ3) is 6.27. The predicted molar refractivity (Wildman–Crippen MR) is 112 cm³/mol. The molecule has 2 fully saturated rings. The molecule has 1 unspecified atom stereocenters. The van der Waals surface area contributed by atoms with Gasteiger partial charge in [0.25, 0.3) is 0 Å². The summed E-state index contributed by atoms with van der Waals surface area (Å²) >= 11 is 0. The predicted octanol–water partition coefficient (Wildman–Crippen LogP) is 1.37. The Labute approximate surface area is 170 Å². The fourth-order valence-corrected chi connectivity index (χ4v) is 4.16. The summed E-state index contributed by atoms with van der Waals surface area (Å²) in [5, 5.41) is 0. The summed E-state index contributed by atoms with van der Waals surface area (Å²) in [6, 6.07) is 11.1. The van der Waals surface area contributed by atoms with E-state index in [4.69, 9.17) is 4.74 Å². The van der Waals surface area contributed by atoms with Crippen LogP contribution >= 0.6 is 0 Å². The number of benzene rings is 1. The van der Waals surface area contributed by atoms with E-state index in [-0.39, 0.29) is 5.91 Å². The maximum absolute atomic E-state index is 12.8. The fourth-order valence-electron chi connectivity index (χ4n) is 4.16. The highest BCUT2D eigenvalue weighted by molar-refractivity contribution is 5.78. The molecule has 2 aliphatic rings. The van der Waals surface area contributed by atoms with E-state index < -0.39 is 0 Å². The number of ether oxygens (including phenoxy) is 1. The lowest BCUT2D eigenvalue weighted by atomic mass is 10.2. The lowest BCUT2D eigenvalue weighted by molar-refractivity contribution is -0.135. The zero-order chi connectivity index (χ0) is 19.8. The van der Waals surface area contributed by atoms with Crippen LogP contribution in [-0.4, -0.2) is 104 Å². The van der Waals surface area contributed by atoms with Gasteiger partial charge in [-0.1, -0.05) is 30.3 Å². The van der Waals surface area contributed by atoms with Gasteiger partial charge in [0, 0.05) is 71.6 Å². The molecule has 1 atom stereocenters. The summed E-state index contributed by atoms with van der Waals surface area (Å²) in [4.78, 5) is 22.0. The van der Waals surface area contributed by atoms with Crippen molar-refractivity contribution in [2.45, 2.75) is 26.4 Å². The molecule has 28 heavy (non-hydrogen) atoms. The van der Waals surface area contributed by atoms with Gasteiger partial charge in [0.2, 0.25) is 5.91 Å². The van der Waals surface area contributed by atoms with Crippen LogP contribution in [0.5, 0.6) is 0 Å². The lowest BCUT2D eigenvalue weighted by Crippen LogP contribution is -2.56. The minimum Gasteiger partial charge on any atom is -0.380 e. The number of piperazine rings is 2. The van der Waals surface area contributed by atoms with E-state index in [0.29, 0.717) is 12.6 Å². The molecule has 3 rings (SSSR count). The summed E-state index contributed by atoms with van der Waals surface area (Å²) in [5.74, 6) is 0.286. The highest BCUT2D eigenvalue weighted by Crippen LogP contribution is 2.12. The first kappa shape index (κ1) is 21.2. The van der Waals surface area contributed by atoms with Gasteiger partial charge in [-0.05, 0) is 19.4 Å². The second kappa shape index (κ2) is 10.9. The standard InChI is InChI=1S/C22H36N4O2/c1-3-28-16-15-25-12-11-24(17-20(25)2)19-22(27)26-13-9-23(10-14-26)18-21-7-5-4-6-8-21/h4-8,20H,3,9-19H2,1-2H3. The van der Waals surface area contributed by atoms with Crippen molar-refractivity contribution in [2.24, 2.45) is 0 Å². The number of amides is 1. The van der Waals surface area contributed by atoms with Crippen molar-refractivity contribution in [3.05, 3.63) is 35.9 Å². The third-order valence-corrected chi connectivity index (χ3v) is 5.91. The van der Waals surface area contributed by atoms with Gasteiger partial charge in [-0.25, -0.2) is 0 Å². The number of hydrogen-bond acceptors (Lipinski definition) is 5. The summed E-state index contributed by atoms with van der Waals surface area (Å²) in [6.07, 6.45) is 0. The number of carbonyl (C=O) groups is 1. The Kier molecular flexibility index (Phi) is 8.27. The average Bonchev–Trinajstić information content (AvgIpc) is 2.71. The molecular formula is C22H36N4O2. The van der Waals surface area contributed by atoms with Crippen LogP contribution in [0.2, 0.25) is 0 Å². The van der Waals surface area contributed by atoms with Crippen molar-refractivity contribution in [3.63, 3.8) is 0 Å². The molecule has 0 spiro atoms. The van der Waals surface area contributed by atoms with Gasteiger partial charge in [-0.3, -0.25) is 19.5 Å². The van der Waals surface area contributed by atoms with Crippen molar-refractivity contribution in [1.29, 1.82) is 0 Å². The van der Waals surface area contributed by atoms with Crippen molar-refractivity contribution in [1.82, 2.24) is 19.6 Å². The SMILES string of the molecule is CCOCCN1CCN(CC(=O)N2CCN(Cc3ccccc3)CC2)CC1C. The van der Waals surface area contributed by atoms with Crippen LogP contribution in [0, 0.1) is 0 Å². The van der Waals surface area contributed by atoms with Crippen molar-refractivity contribution >= 4 is 5.91 Å². The zero-order valence-electron chi connectivity index (χ0n) is 17.6. The van der Waals surface area contributed by atoms with Gasteiger partial charge < -0.3 is 9.64 Å². The molecule has 0 aliphatic carbocycles. The molecule has 156 valence electrons. The molecule has 0 aromatic heterocycles. The van der Waals surface area contributed by atoms with E-state index in [1.54, 1.807) is 0 Å².